The zero-order chi connectivity index (χ0) is 9.42. The van der Waals surface area contributed by atoms with E-state index in [9.17, 15) is 0 Å². The van der Waals surface area contributed by atoms with Crippen molar-refractivity contribution in [3.63, 3.8) is 0 Å². The van der Waals surface area contributed by atoms with Gasteiger partial charge in [0.1, 0.15) is 0 Å². The third-order valence-corrected chi connectivity index (χ3v) is 3.88. The van der Waals surface area contributed by atoms with Crippen molar-refractivity contribution in [3.05, 3.63) is 0 Å². The zero-order valence-corrected chi connectivity index (χ0v) is 9.16. The van der Waals surface area contributed by atoms with E-state index >= 15 is 0 Å². The lowest BCUT2D eigenvalue weighted by molar-refractivity contribution is 0.113. The first-order chi connectivity index (χ1) is 6.20. The summed E-state index contributed by atoms with van der Waals surface area (Å²) < 4.78 is 0. The van der Waals surface area contributed by atoms with Gasteiger partial charge in [-0.15, -0.1) is 0 Å². The summed E-state index contributed by atoms with van der Waals surface area (Å²) in [6, 6.07) is 0.818. The lowest BCUT2D eigenvalue weighted by Gasteiger charge is -2.38. The van der Waals surface area contributed by atoms with E-state index in [0.29, 0.717) is 0 Å². The summed E-state index contributed by atoms with van der Waals surface area (Å²) >= 11 is 0. The van der Waals surface area contributed by atoms with Crippen molar-refractivity contribution in [3.8, 4) is 0 Å². The van der Waals surface area contributed by atoms with Crippen LogP contribution in [0.25, 0.3) is 0 Å². The van der Waals surface area contributed by atoms with Crippen molar-refractivity contribution >= 4 is 0 Å². The van der Waals surface area contributed by atoms with Gasteiger partial charge in [0.2, 0.25) is 0 Å². The Morgan fingerprint density at radius 3 is 2.62 bits per heavy atom. The van der Waals surface area contributed by atoms with Crippen LogP contribution in [0.2, 0.25) is 0 Å². The lowest BCUT2D eigenvalue weighted by atomic mass is 9.86. The van der Waals surface area contributed by atoms with E-state index in [2.05, 4.69) is 30.7 Å². The Morgan fingerprint density at radius 2 is 2.00 bits per heavy atom. The van der Waals surface area contributed by atoms with Crippen molar-refractivity contribution in [2.75, 3.05) is 33.2 Å². The van der Waals surface area contributed by atoms with E-state index in [-0.39, 0.29) is 0 Å². The first kappa shape index (κ1) is 9.47. The monoisotopic (exact) mass is 182 g/mol. The summed E-state index contributed by atoms with van der Waals surface area (Å²) in [7, 11) is 2.30. The van der Waals surface area contributed by atoms with Crippen LogP contribution in [0, 0.1) is 11.8 Å². The van der Waals surface area contributed by atoms with Crippen LogP contribution in [0.4, 0.5) is 0 Å². The second kappa shape index (κ2) is 3.58. The number of nitrogens with zero attached hydrogens (tertiary/aromatic N) is 2. The first-order valence-electron chi connectivity index (χ1n) is 5.63. The van der Waals surface area contributed by atoms with Crippen molar-refractivity contribution in [2.45, 2.75) is 26.3 Å². The maximum absolute atomic E-state index is 2.63. The molecule has 3 heterocycles. The maximum Gasteiger partial charge on any atom is 0.0245 e. The second-order valence-corrected chi connectivity index (χ2v) is 4.94. The molecule has 0 aromatic heterocycles. The first-order valence-corrected chi connectivity index (χ1v) is 5.63. The highest BCUT2D eigenvalue weighted by molar-refractivity contribution is 4.91. The standard InChI is InChI=1S/C11H22N2/c1-4-13-7-10-5-9(2)11(8-13)12(3)6-10/h9-11H,4-8H2,1-3H3. The number of hydrogen-bond donors (Lipinski definition) is 0. The molecule has 2 heteroatoms. The molecule has 0 aromatic rings. The molecule has 13 heavy (non-hydrogen) atoms. The molecular weight excluding hydrogens is 160 g/mol. The third-order valence-electron chi connectivity index (χ3n) is 3.88. The highest BCUT2D eigenvalue weighted by Gasteiger charge is 2.36. The number of fused-ring (bicyclic) bond motifs is 4. The smallest absolute Gasteiger partial charge is 0.0245 e. The van der Waals surface area contributed by atoms with Gasteiger partial charge in [-0.2, -0.15) is 0 Å². The van der Waals surface area contributed by atoms with E-state index in [4.69, 9.17) is 0 Å². The van der Waals surface area contributed by atoms with Gasteiger partial charge in [0, 0.05) is 25.7 Å². The molecule has 76 valence electrons. The minimum absolute atomic E-state index is 0.818. The molecule has 3 fully saturated rings. The number of piperidine rings is 1. The van der Waals surface area contributed by atoms with Crippen molar-refractivity contribution in [1.29, 1.82) is 0 Å². The molecule has 3 atom stereocenters. The largest absolute Gasteiger partial charge is 0.302 e. The van der Waals surface area contributed by atoms with E-state index in [1.807, 2.05) is 0 Å². The van der Waals surface area contributed by atoms with Crippen molar-refractivity contribution < 1.29 is 0 Å². The Balaban J connectivity index is 2.12. The molecule has 0 amide bonds. The summed E-state index contributed by atoms with van der Waals surface area (Å²) in [4.78, 5) is 5.21. The molecule has 3 aliphatic heterocycles. The summed E-state index contributed by atoms with van der Waals surface area (Å²) in [5, 5.41) is 0. The van der Waals surface area contributed by atoms with Gasteiger partial charge in [-0.1, -0.05) is 13.8 Å². The minimum Gasteiger partial charge on any atom is -0.302 e. The average Bonchev–Trinajstić information content (AvgIpc) is 2.32. The number of hydrogen-bond acceptors (Lipinski definition) is 2. The predicted octanol–water partition coefficient (Wildman–Crippen LogP) is 1.28. The average molecular weight is 182 g/mol. The van der Waals surface area contributed by atoms with Crippen LogP contribution in [0.5, 0.6) is 0 Å². The molecule has 3 rings (SSSR count). The van der Waals surface area contributed by atoms with E-state index < -0.39 is 0 Å². The SMILES string of the molecule is CCN1CC2CC(C)C(C1)N(C)C2. The second-order valence-electron chi connectivity index (χ2n) is 4.94. The van der Waals surface area contributed by atoms with E-state index in [1.165, 1.54) is 32.6 Å². The maximum atomic E-state index is 2.63. The van der Waals surface area contributed by atoms with Crippen LogP contribution in [-0.2, 0) is 0 Å². The normalized spacial score (nSPS) is 42.2. The molecule has 0 aliphatic carbocycles. The Kier molecular flexibility index (Phi) is 2.61. The number of rotatable bonds is 1. The molecular formula is C11H22N2. The Bertz CT molecular complexity index is 169. The third kappa shape index (κ3) is 1.75. The van der Waals surface area contributed by atoms with Gasteiger partial charge in [0.25, 0.3) is 0 Å². The molecule has 2 bridgehead atoms. The molecule has 0 aromatic carbocycles. The van der Waals surface area contributed by atoms with Crippen molar-refractivity contribution in [2.24, 2.45) is 11.8 Å². The van der Waals surface area contributed by atoms with Crippen LogP contribution in [0.15, 0.2) is 0 Å². The van der Waals surface area contributed by atoms with Gasteiger partial charge in [0.15, 0.2) is 0 Å². The van der Waals surface area contributed by atoms with Gasteiger partial charge in [-0.3, -0.25) is 0 Å². The summed E-state index contributed by atoms with van der Waals surface area (Å²) in [6.45, 7) is 9.90. The Labute approximate surface area is 81.9 Å². The summed E-state index contributed by atoms with van der Waals surface area (Å²) in [5.41, 5.74) is 0. The van der Waals surface area contributed by atoms with Crippen LogP contribution in [0.3, 0.4) is 0 Å². The molecule has 0 spiro atoms. The molecule has 0 saturated carbocycles. The zero-order valence-electron chi connectivity index (χ0n) is 9.16. The van der Waals surface area contributed by atoms with E-state index in [1.54, 1.807) is 0 Å². The quantitative estimate of drug-likeness (QED) is 0.603. The summed E-state index contributed by atoms with van der Waals surface area (Å²) in [6.07, 6.45) is 1.45. The molecule has 0 N–H and O–H groups in total. The lowest BCUT2D eigenvalue weighted by Crippen LogP contribution is -2.46. The van der Waals surface area contributed by atoms with E-state index in [0.717, 1.165) is 17.9 Å². The van der Waals surface area contributed by atoms with Crippen molar-refractivity contribution in [1.82, 2.24) is 9.80 Å². The fourth-order valence-electron chi connectivity index (χ4n) is 3.15. The Morgan fingerprint density at radius 1 is 1.23 bits per heavy atom. The van der Waals surface area contributed by atoms with Gasteiger partial charge in [-0.05, 0) is 31.8 Å². The fraction of sp³-hybridized carbons (Fsp3) is 1.00. The molecule has 3 saturated heterocycles. The topological polar surface area (TPSA) is 6.48 Å². The van der Waals surface area contributed by atoms with Crippen LogP contribution >= 0.6 is 0 Å². The Hall–Kier alpha value is -0.0800. The van der Waals surface area contributed by atoms with Gasteiger partial charge < -0.3 is 9.80 Å². The fourth-order valence-corrected chi connectivity index (χ4v) is 3.15. The van der Waals surface area contributed by atoms with Crippen LogP contribution in [0.1, 0.15) is 20.3 Å². The van der Waals surface area contributed by atoms with Crippen LogP contribution < -0.4 is 0 Å². The summed E-state index contributed by atoms with van der Waals surface area (Å²) in [5.74, 6) is 1.83. The molecule has 3 aliphatic rings. The minimum atomic E-state index is 0.818. The predicted molar refractivity (Wildman–Crippen MR) is 55.8 cm³/mol. The highest BCUT2D eigenvalue weighted by Crippen LogP contribution is 2.30. The van der Waals surface area contributed by atoms with Gasteiger partial charge >= 0.3 is 0 Å². The highest BCUT2D eigenvalue weighted by atomic mass is 15.2. The molecule has 3 unspecified atom stereocenters. The number of likely N-dealkylation sites (N-methyl/N-ethyl adjacent to an activating group) is 2. The van der Waals surface area contributed by atoms with Gasteiger partial charge in [-0.25, -0.2) is 0 Å². The molecule has 0 radical (unpaired) electrons. The van der Waals surface area contributed by atoms with Gasteiger partial charge in [0.05, 0.1) is 0 Å². The van der Waals surface area contributed by atoms with Crippen LogP contribution in [-0.4, -0.2) is 49.1 Å². The molecule has 2 nitrogen and oxygen atoms in total.